The van der Waals surface area contributed by atoms with E-state index in [0.29, 0.717) is 5.95 Å². The first-order valence-corrected chi connectivity index (χ1v) is 9.25. The fourth-order valence-corrected chi connectivity index (χ4v) is 1.61. The van der Waals surface area contributed by atoms with Crippen molar-refractivity contribution in [3.63, 3.8) is 0 Å². The summed E-state index contributed by atoms with van der Waals surface area (Å²) in [5, 5.41) is 47.4. The Morgan fingerprint density at radius 3 is 1.18 bits per heavy atom. The van der Waals surface area contributed by atoms with Crippen LogP contribution in [0.2, 0.25) is 0 Å². The summed E-state index contributed by atoms with van der Waals surface area (Å²) in [7, 11) is 0. The van der Waals surface area contributed by atoms with Crippen LogP contribution in [0.4, 0.5) is 5.95 Å². The van der Waals surface area contributed by atoms with E-state index >= 15 is 0 Å². The molecular weight excluding hydrogens is 462 g/mol. The van der Waals surface area contributed by atoms with Gasteiger partial charge in [0, 0.05) is 0 Å². The molecule has 0 spiro atoms. The number of nitrogens with one attached hydrogen (secondary N) is 1. The lowest BCUT2D eigenvalue weighted by Crippen LogP contribution is -2.00. The van der Waals surface area contributed by atoms with Crippen LogP contribution in [-0.2, 0) is 28.8 Å². The van der Waals surface area contributed by atoms with E-state index < -0.39 is 35.8 Å². The molecule has 0 aliphatic heterocycles. The number of nitrogens with two attached hydrogens (primary N) is 1. The number of carboxylic acids is 6. The number of nitrogens with zero attached hydrogens (tertiary/aromatic N) is 1. The first kappa shape index (κ1) is 31.5. The Labute approximate surface area is 191 Å². The second-order valence-electron chi connectivity index (χ2n) is 6.00. The average molecular weight is 487 g/mol. The molecule has 1 aromatic carbocycles. The number of carboxylic acid groups (broad SMARTS) is 6. The molecule has 9 N–H and O–H groups in total. The maximum Gasteiger partial charge on any atom is 0.303 e. The van der Waals surface area contributed by atoms with Crippen LogP contribution >= 0.6 is 0 Å². The molecule has 0 saturated carbocycles. The second kappa shape index (κ2) is 17.9. The van der Waals surface area contributed by atoms with Crippen molar-refractivity contribution in [3.8, 4) is 0 Å². The molecular formula is C19H25N3O12. The van der Waals surface area contributed by atoms with Crippen LogP contribution in [-0.4, -0.2) is 76.4 Å². The van der Waals surface area contributed by atoms with E-state index in [2.05, 4.69) is 9.97 Å². The van der Waals surface area contributed by atoms with E-state index in [0.717, 1.165) is 11.0 Å². The number of rotatable bonds is 9. The number of anilines is 1. The molecule has 0 saturated heterocycles. The summed E-state index contributed by atoms with van der Waals surface area (Å²) >= 11 is 0. The molecule has 188 valence electrons. The van der Waals surface area contributed by atoms with E-state index in [1.165, 1.54) is 0 Å². The molecule has 1 aromatic heterocycles. The van der Waals surface area contributed by atoms with Gasteiger partial charge in [0.15, 0.2) is 5.95 Å². The van der Waals surface area contributed by atoms with Crippen LogP contribution in [0.25, 0.3) is 11.0 Å². The lowest BCUT2D eigenvalue weighted by molar-refractivity contribution is -0.143. The van der Waals surface area contributed by atoms with Gasteiger partial charge in [0.2, 0.25) is 0 Å². The second-order valence-corrected chi connectivity index (χ2v) is 6.00. The molecule has 0 amide bonds. The smallest absolute Gasteiger partial charge is 0.303 e. The number of para-hydroxylation sites is 2. The SMILES string of the molecule is Nc1nc2ccccc2[nH]1.O=C(O)CCC(=O)O.O=C(O)CCC(=O)O.O=C(O)CCC(=O)O. The van der Waals surface area contributed by atoms with Crippen LogP contribution in [0.5, 0.6) is 0 Å². The topological polar surface area (TPSA) is 278 Å². The summed E-state index contributed by atoms with van der Waals surface area (Å²) < 4.78 is 0. The van der Waals surface area contributed by atoms with Crippen molar-refractivity contribution in [2.75, 3.05) is 5.73 Å². The fourth-order valence-electron chi connectivity index (χ4n) is 1.61. The Bertz CT molecular complexity index is 829. The van der Waals surface area contributed by atoms with Crippen molar-refractivity contribution < 1.29 is 59.4 Å². The third-order valence-corrected chi connectivity index (χ3v) is 3.07. The van der Waals surface area contributed by atoms with Crippen LogP contribution in [0.15, 0.2) is 24.3 Å². The zero-order valence-corrected chi connectivity index (χ0v) is 17.7. The molecule has 2 aromatic rings. The Morgan fingerprint density at radius 1 is 0.618 bits per heavy atom. The Balaban J connectivity index is 0. The van der Waals surface area contributed by atoms with Crippen molar-refractivity contribution in [1.29, 1.82) is 0 Å². The number of imidazole rings is 1. The first-order chi connectivity index (χ1) is 15.7. The number of aromatic nitrogens is 2. The summed E-state index contributed by atoms with van der Waals surface area (Å²) in [4.78, 5) is 64.8. The molecule has 2 rings (SSSR count). The predicted molar refractivity (Wildman–Crippen MR) is 114 cm³/mol. The van der Waals surface area contributed by atoms with Crippen LogP contribution in [0.1, 0.15) is 38.5 Å². The monoisotopic (exact) mass is 487 g/mol. The van der Waals surface area contributed by atoms with Gasteiger partial charge in [-0.3, -0.25) is 28.8 Å². The molecule has 15 nitrogen and oxygen atoms in total. The quantitative estimate of drug-likeness (QED) is 0.244. The lowest BCUT2D eigenvalue weighted by atomic mass is 10.3. The number of hydrogen-bond donors (Lipinski definition) is 8. The molecule has 0 unspecified atom stereocenters. The van der Waals surface area contributed by atoms with Crippen molar-refractivity contribution in [3.05, 3.63) is 24.3 Å². The standard InChI is InChI=1S/C7H7N3.3C4H6O4/c8-7-9-5-3-1-2-4-6(5)10-7;3*5-3(6)1-2-4(7)8/h1-4H,(H3,8,9,10);3*1-2H2,(H,5,6)(H,7,8). The zero-order chi connectivity index (χ0) is 26.7. The Hall–Kier alpha value is -4.69. The number of fused-ring (bicyclic) bond motifs is 1. The normalized spacial score (nSPS) is 9.06. The average Bonchev–Trinajstić information content (AvgIpc) is 3.11. The fraction of sp³-hybridized carbons (Fsp3) is 0.316. The molecule has 0 aliphatic rings. The van der Waals surface area contributed by atoms with Gasteiger partial charge in [-0.15, -0.1) is 0 Å². The molecule has 0 aliphatic carbocycles. The largest absolute Gasteiger partial charge is 0.481 e. The van der Waals surface area contributed by atoms with Gasteiger partial charge in [-0.2, -0.15) is 0 Å². The minimum Gasteiger partial charge on any atom is -0.481 e. The molecule has 0 atom stereocenters. The number of aromatic amines is 1. The minimum atomic E-state index is -1.08. The Kier molecular flexibility index (Phi) is 16.6. The summed E-state index contributed by atoms with van der Waals surface area (Å²) in [5.74, 6) is -5.99. The van der Waals surface area contributed by atoms with Crippen LogP contribution < -0.4 is 5.73 Å². The van der Waals surface area contributed by atoms with Crippen LogP contribution in [0, 0.1) is 0 Å². The third kappa shape index (κ3) is 22.0. The summed E-state index contributed by atoms with van der Waals surface area (Å²) in [6.07, 6.45) is -1.78. The number of nitrogen functional groups attached to an aromatic ring is 1. The van der Waals surface area contributed by atoms with Crippen molar-refractivity contribution in [2.45, 2.75) is 38.5 Å². The van der Waals surface area contributed by atoms with E-state index in [-0.39, 0.29) is 38.5 Å². The number of H-pyrrole nitrogens is 1. The number of aliphatic carboxylic acids is 6. The van der Waals surface area contributed by atoms with E-state index in [1.807, 2.05) is 24.3 Å². The molecule has 1 heterocycles. The van der Waals surface area contributed by atoms with Gasteiger partial charge in [-0.05, 0) is 12.1 Å². The third-order valence-electron chi connectivity index (χ3n) is 3.07. The van der Waals surface area contributed by atoms with Crippen molar-refractivity contribution in [2.24, 2.45) is 0 Å². The number of benzene rings is 1. The molecule has 0 radical (unpaired) electrons. The minimum absolute atomic E-state index is 0.296. The summed E-state index contributed by atoms with van der Waals surface area (Å²) in [6.45, 7) is 0. The van der Waals surface area contributed by atoms with Gasteiger partial charge in [-0.1, -0.05) is 12.1 Å². The van der Waals surface area contributed by atoms with E-state index in [1.54, 1.807) is 0 Å². The maximum absolute atomic E-state index is 9.64. The van der Waals surface area contributed by atoms with Crippen molar-refractivity contribution >= 4 is 52.8 Å². The maximum atomic E-state index is 9.64. The van der Waals surface area contributed by atoms with Gasteiger partial charge in [0.25, 0.3) is 0 Å². The van der Waals surface area contributed by atoms with Gasteiger partial charge in [0.1, 0.15) is 0 Å². The van der Waals surface area contributed by atoms with Gasteiger partial charge in [-0.25, -0.2) is 4.98 Å². The lowest BCUT2D eigenvalue weighted by Gasteiger charge is -1.85. The summed E-state index contributed by atoms with van der Waals surface area (Å²) in [5.41, 5.74) is 7.33. The van der Waals surface area contributed by atoms with Crippen LogP contribution in [0.3, 0.4) is 0 Å². The Morgan fingerprint density at radius 2 is 0.912 bits per heavy atom. The molecule has 34 heavy (non-hydrogen) atoms. The number of carbonyl (C=O) groups is 6. The first-order valence-electron chi connectivity index (χ1n) is 9.25. The highest BCUT2D eigenvalue weighted by Crippen LogP contribution is 2.10. The molecule has 0 bridgehead atoms. The molecule has 0 fully saturated rings. The predicted octanol–water partition coefficient (Wildman–Crippen LogP) is 0.953. The highest BCUT2D eigenvalue weighted by molar-refractivity contribution is 5.77. The highest BCUT2D eigenvalue weighted by Gasteiger charge is 2.01. The van der Waals surface area contributed by atoms with Gasteiger partial charge in [0.05, 0.1) is 49.6 Å². The van der Waals surface area contributed by atoms with Crippen molar-refractivity contribution in [1.82, 2.24) is 9.97 Å². The summed E-state index contributed by atoms with van der Waals surface area (Å²) in [6, 6.07) is 7.74. The van der Waals surface area contributed by atoms with Gasteiger partial charge >= 0.3 is 35.8 Å². The van der Waals surface area contributed by atoms with E-state index in [9.17, 15) is 28.8 Å². The molecule has 15 heteroatoms. The highest BCUT2D eigenvalue weighted by atomic mass is 16.4. The zero-order valence-electron chi connectivity index (χ0n) is 17.7. The number of hydrogen-bond acceptors (Lipinski definition) is 8. The van der Waals surface area contributed by atoms with Gasteiger partial charge < -0.3 is 41.4 Å². The van der Waals surface area contributed by atoms with E-state index in [4.69, 9.17) is 36.4 Å².